The monoisotopic (exact) mass is 366 g/mol. The third kappa shape index (κ3) is 3.24. The van der Waals surface area contributed by atoms with Gasteiger partial charge in [-0.25, -0.2) is 5.10 Å². The summed E-state index contributed by atoms with van der Waals surface area (Å²) >= 11 is 12.5. The highest BCUT2D eigenvalue weighted by atomic mass is 35.5. The van der Waals surface area contributed by atoms with E-state index in [0.29, 0.717) is 17.0 Å². The number of ether oxygens (including phenoxy) is 1. The number of tetrazole rings is 1. The summed E-state index contributed by atoms with van der Waals surface area (Å²) in [7, 11) is 0. The molecule has 0 unspecified atom stereocenters. The number of hydrogen-bond acceptors (Lipinski definition) is 6. The van der Waals surface area contributed by atoms with E-state index in [0.717, 1.165) is 0 Å². The fourth-order valence-corrected chi connectivity index (χ4v) is 2.62. The van der Waals surface area contributed by atoms with Crippen LogP contribution in [0.4, 0.5) is 0 Å². The summed E-state index contributed by atoms with van der Waals surface area (Å²) in [4.78, 5) is 11.7. The number of aromatic amines is 2. The van der Waals surface area contributed by atoms with Gasteiger partial charge in [-0.3, -0.25) is 4.79 Å². The lowest BCUT2D eigenvalue weighted by atomic mass is 10.1. The molecular formula is C14H12Cl2N6O2. The zero-order valence-corrected chi connectivity index (χ0v) is 14.2. The molecule has 0 atom stereocenters. The minimum absolute atomic E-state index is 0.0191. The van der Waals surface area contributed by atoms with Crippen LogP contribution in [0.2, 0.25) is 10.0 Å². The Kier molecular flexibility index (Phi) is 4.50. The van der Waals surface area contributed by atoms with Gasteiger partial charge in [-0.15, -0.1) is 15.3 Å². The third-order valence-corrected chi connectivity index (χ3v) is 3.80. The Hall–Kier alpha value is -2.45. The van der Waals surface area contributed by atoms with Gasteiger partial charge in [0, 0.05) is 17.2 Å². The molecular weight excluding hydrogens is 355 g/mol. The van der Waals surface area contributed by atoms with Gasteiger partial charge in [0.05, 0.1) is 10.0 Å². The summed E-state index contributed by atoms with van der Waals surface area (Å²) in [6.45, 7) is 3.79. The number of nitrogens with one attached hydrogen (secondary N) is 2. The predicted molar refractivity (Wildman–Crippen MR) is 88.7 cm³/mol. The highest BCUT2D eigenvalue weighted by Gasteiger charge is 2.16. The summed E-state index contributed by atoms with van der Waals surface area (Å²) in [5, 5.41) is 20.3. The van der Waals surface area contributed by atoms with Gasteiger partial charge in [0.15, 0.2) is 5.75 Å². The molecule has 2 aromatic heterocycles. The number of hydrogen-bond donors (Lipinski definition) is 2. The fraction of sp³-hybridized carbons (Fsp3) is 0.214. The Balaban J connectivity index is 1.96. The van der Waals surface area contributed by atoms with Crippen LogP contribution in [0.5, 0.6) is 11.6 Å². The Labute approximate surface area is 146 Å². The Bertz CT molecular complexity index is 900. The van der Waals surface area contributed by atoms with Crippen LogP contribution < -0.4 is 10.3 Å². The van der Waals surface area contributed by atoms with E-state index >= 15 is 0 Å². The lowest BCUT2D eigenvalue weighted by Gasteiger charge is -2.11. The van der Waals surface area contributed by atoms with Crippen molar-refractivity contribution in [1.29, 1.82) is 0 Å². The van der Waals surface area contributed by atoms with Gasteiger partial charge >= 0.3 is 0 Å². The Morgan fingerprint density at radius 1 is 1.12 bits per heavy atom. The molecule has 0 radical (unpaired) electrons. The molecule has 0 bridgehead atoms. The molecule has 124 valence electrons. The first-order chi connectivity index (χ1) is 11.5. The molecule has 3 rings (SSSR count). The molecule has 1 aromatic carbocycles. The standard InChI is InChI=1S/C14H12Cl2N6O2/c1-6(2)8-5-11(17-20-14(8)23)24-12-9(15)3-7(4-10(12)16)13-18-21-22-19-13/h3-6H,1-2H3,(H,20,23)(H,18,19,21,22). The quantitative estimate of drug-likeness (QED) is 0.733. The van der Waals surface area contributed by atoms with Crippen LogP contribution in [-0.2, 0) is 0 Å². The van der Waals surface area contributed by atoms with E-state index in [2.05, 4.69) is 30.8 Å². The van der Waals surface area contributed by atoms with Gasteiger partial charge in [0.25, 0.3) is 5.56 Å². The molecule has 0 saturated heterocycles. The van der Waals surface area contributed by atoms with Crippen molar-refractivity contribution in [3.63, 3.8) is 0 Å². The topological polar surface area (TPSA) is 109 Å². The van der Waals surface area contributed by atoms with Gasteiger partial charge in [0.1, 0.15) is 0 Å². The van der Waals surface area contributed by atoms with Crippen molar-refractivity contribution in [2.24, 2.45) is 0 Å². The van der Waals surface area contributed by atoms with Gasteiger partial charge in [0.2, 0.25) is 11.7 Å². The molecule has 0 aliphatic carbocycles. The second-order valence-corrected chi connectivity index (χ2v) is 6.07. The first kappa shape index (κ1) is 16.4. The molecule has 10 heteroatoms. The summed E-state index contributed by atoms with van der Waals surface area (Å²) in [6, 6.07) is 4.76. The average molecular weight is 367 g/mol. The molecule has 8 nitrogen and oxygen atoms in total. The lowest BCUT2D eigenvalue weighted by Crippen LogP contribution is -2.15. The summed E-state index contributed by atoms with van der Waals surface area (Å²) in [5.41, 5.74) is 0.876. The smallest absolute Gasteiger partial charge is 0.267 e. The average Bonchev–Trinajstić information content (AvgIpc) is 3.06. The molecule has 0 aliphatic heterocycles. The van der Waals surface area contributed by atoms with Crippen molar-refractivity contribution in [2.75, 3.05) is 0 Å². The molecule has 0 fully saturated rings. The molecule has 2 N–H and O–H groups in total. The van der Waals surface area contributed by atoms with Crippen LogP contribution in [0, 0.1) is 0 Å². The largest absolute Gasteiger partial charge is 0.434 e. The summed E-state index contributed by atoms with van der Waals surface area (Å²) < 4.78 is 5.65. The molecule has 24 heavy (non-hydrogen) atoms. The van der Waals surface area contributed by atoms with Gasteiger partial charge < -0.3 is 4.74 Å². The van der Waals surface area contributed by atoms with Crippen LogP contribution >= 0.6 is 23.2 Å². The van der Waals surface area contributed by atoms with E-state index in [1.165, 1.54) is 0 Å². The second-order valence-electron chi connectivity index (χ2n) is 5.25. The van der Waals surface area contributed by atoms with Crippen molar-refractivity contribution in [3.8, 4) is 23.0 Å². The number of benzene rings is 1. The van der Waals surface area contributed by atoms with Crippen molar-refractivity contribution in [3.05, 3.63) is 44.2 Å². The van der Waals surface area contributed by atoms with Crippen LogP contribution in [0.3, 0.4) is 0 Å². The number of H-pyrrole nitrogens is 2. The minimum atomic E-state index is -0.262. The van der Waals surface area contributed by atoms with Crippen LogP contribution in [0.25, 0.3) is 11.4 Å². The first-order valence-corrected chi connectivity index (χ1v) is 7.71. The van der Waals surface area contributed by atoms with Crippen LogP contribution in [0.1, 0.15) is 25.3 Å². The van der Waals surface area contributed by atoms with E-state index in [-0.39, 0.29) is 33.2 Å². The van der Waals surface area contributed by atoms with E-state index in [9.17, 15) is 4.79 Å². The molecule has 3 aromatic rings. The minimum Gasteiger partial charge on any atom is -0.434 e. The van der Waals surface area contributed by atoms with Crippen LogP contribution in [0.15, 0.2) is 23.0 Å². The maximum Gasteiger partial charge on any atom is 0.267 e. The zero-order chi connectivity index (χ0) is 17.3. The van der Waals surface area contributed by atoms with Gasteiger partial charge in [-0.1, -0.05) is 37.0 Å². The maximum absolute atomic E-state index is 11.7. The number of halogens is 2. The van der Waals surface area contributed by atoms with Gasteiger partial charge in [-0.05, 0) is 23.3 Å². The second kappa shape index (κ2) is 6.58. The Morgan fingerprint density at radius 2 is 1.83 bits per heavy atom. The fourth-order valence-electron chi connectivity index (χ4n) is 2.06. The first-order valence-electron chi connectivity index (χ1n) is 6.96. The van der Waals surface area contributed by atoms with E-state index < -0.39 is 0 Å². The molecule has 0 saturated carbocycles. The van der Waals surface area contributed by atoms with Crippen molar-refractivity contribution < 1.29 is 4.74 Å². The number of nitrogens with zero attached hydrogens (tertiary/aromatic N) is 4. The molecule has 0 amide bonds. The predicted octanol–water partition coefficient (Wildman–Crippen LogP) is 3.17. The molecule has 2 heterocycles. The zero-order valence-electron chi connectivity index (χ0n) is 12.7. The van der Waals surface area contributed by atoms with Crippen molar-refractivity contribution >= 4 is 23.2 Å². The number of rotatable bonds is 4. The SMILES string of the molecule is CC(C)c1cc(Oc2c(Cl)cc(-c3nn[nH]n3)cc2Cl)n[nH]c1=O. The molecule has 0 aliphatic rings. The van der Waals surface area contributed by atoms with Crippen LogP contribution in [-0.4, -0.2) is 30.8 Å². The van der Waals surface area contributed by atoms with Crippen molar-refractivity contribution in [2.45, 2.75) is 19.8 Å². The normalized spacial score (nSPS) is 11.0. The third-order valence-electron chi connectivity index (χ3n) is 3.24. The van der Waals surface area contributed by atoms with E-state index in [1.54, 1.807) is 18.2 Å². The summed E-state index contributed by atoms with van der Waals surface area (Å²) in [6.07, 6.45) is 0. The van der Waals surface area contributed by atoms with Crippen molar-refractivity contribution in [1.82, 2.24) is 30.8 Å². The molecule has 0 spiro atoms. The van der Waals surface area contributed by atoms with E-state index in [1.807, 2.05) is 13.8 Å². The van der Waals surface area contributed by atoms with Gasteiger partial charge in [-0.2, -0.15) is 5.21 Å². The Morgan fingerprint density at radius 3 is 2.42 bits per heavy atom. The van der Waals surface area contributed by atoms with E-state index in [4.69, 9.17) is 27.9 Å². The summed E-state index contributed by atoms with van der Waals surface area (Å²) in [5.74, 6) is 0.787. The maximum atomic E-state index is 11.7. The highest BCUT2D eigenvalue weighted by molar-refractivity contribution is 6.37. The number of aromatic nitrogens is 6. The highest BCUT2D eigenvalue weighted by Crippen LogP contribution is 2.38. The lowest BCUT2D eigenvalue weighted by molar-refractivity contribution is 0.452.